The Labute approximate surface area is 225 Å². The van der Waals surface area contributed by atoms with Gasteiger partial charge in [-0.2, -0.15) is 0 Å². The molecule has 1 aromatic heterocycles. The molecular weight excluding hydrogens is 480 g/mol. The van der Waals surface area contributed by atoms with E-state index in [1.807, 2.05) is 11.8 Å². The van der Waals surface area contributed by atoms with Crippen LogP contribution in [0.25, 0.3) is 34.7 Å². The minimum Gasteiger partial charge on any atom is -0.355 e. The van der Waals surface area contributed by atoms with E-state index >= 15 is 0 Å². The Bertz CT molecular complexity index is 2040. The minimum atomic E-state index is 0.945. The van der Waals surface area contributed by atoms with E-state index in [-0.39, 0.29) is 0 Å². The Hall–Kier alpha value is -4.47. The van der Waals surface area contributed by atoms with E-state index in [4.69, 9.17) is 0 Å². The highest BCUT2D eigenvalue weighted by Gasteiger charge is 2.25. The fourth-order valence-corrected chi connectivity index (χ4v) is 6.54. The topological polar surface area (TPSA) is 19.0 Å². The summed E-state index contributed by atoms with van der Waals surface area (Å²) in [4.78, 5) is 8.46. The molecule has 2 nitrogen and oxygen atoms in total. The fourth-order valence-electron chi connectivity index (χ4n) is 5.51. The molecule has 3 heteroatoms. The lowest BCUT2D eigenvalue weighted by molar-refractivity contribution is 1.17. The van der Waals surface area contributed by atoms with Gasteiger partial charge in [-0.15, -0.1) is 0 Å². The molecule has 182 valence electrons. The minimum absolute atomic E-state index is 0.945. The zero-order chi connectivity index (χ0) is 25.6. The van der Waals surface area contributed by atoms with Crippen LogP contribution >= 0.6 is 11.8 Å². The van der Waals surface area contributed by atoms with E-state index in [9.17, 15) is 0 Å². The number of hydrogen-bond donors (Lipinski definition) is 1. The van der Waals surface area contributed by atoms with Crippen LogP contribution in [0.4, 0.5) is 17.1 Å². The molecule has 0 saturated heterocycles. The Kier molecular flexibility index (Phi) is 5.45. The summed E-state index contributed by atoms with van der Waals surface area (Å²) in [6.45, 7) is 6.44. The number of rotatable bonds is 2. The van der Waals surface area contributed by atoms with Crippen molar-refractivity contribution in [1.29, 1.82) is 0 Å². The van der Waals surface area contributed by atoms with E-state index in [0.29, 0.717) is 0 Å². The first kappa shape index (κ1) is 22.7. The molecule has 0 amide bonds. The summed E-state index contributed by atoms with van der Waals surface area (Å²) in [6, 6.07) is 41.3. The van der Waals surface area contributed by atoms with Crippen LogP contribution in [0.3, 0.4) is 0 Å². The number of anilines is 3. The molecule has 0 aliphatic carbocycles. The number of aromatic amines is 1. The predicted octanol–water partition coefficient (Wildman–Crippen LogP) is 8.27. The van der Waals surface area contributed by atoms with E-state index in [1.54, 1.807) is 0 Å². The number of para-hydroxylation sites is 2. The molecule has 0 radical (unpaired) electrons. The Morgan fingerprint density at radius 1 is 0.711 bits per heavy atom. The summed E-state index contributed by atoms with van der Waals surface area (Å²) in [5, 5.41) is 5.74. The van der Waals surface area contributed by atoms with Crippen molar-refractivity contribution in [2.24, 2.45) is 0 Å². The fraction of sp³-hybridized carbons (Fsp3) is 0.0286. The summed E-state index contributed by atoms with van der Waals surface area (Å²) >= 11 is 1.83. The predicted molar refractivity (Wildman–Crippen MR) is 162 cm³/mol. The van der Waals surface area contributed by atoms with Gasteiger partial charge in [0.05, 0.1) is 11.4 Å². The number of nitrogens with zero attached hydrogens (tertiary/aromatic N) is 1. The maximum Gasteiger partial charge on any atom is 0.0607 e. The number of hydrogen-bond acceptors (Lipinski definition) is 2. The first-order valence-electron chi connectivity index (χ1n) is 12.8. The van der Waals surface area contributed by atoms with Crippen molar-refractivity contribution in [2.75, 3.05) is 4.90 Å². The van der Waals surface area contributed by atoms with Crippen LogP contribution < -0.4 is 15.5 Å². The van der Waals surface area contributed by atoms with Gasteiger partial charge < -0.3 is 9.88 Å². The van der Waals surface area contributed by atoms with E-state index in [2.05, 4.69) is 145 Å². The molecule has 38 heavy (non-hydrogen) atoms. The lowest BCUT2D eigenvalue weighted by atomic mass is 10.0. The average Bonchev–Trinajstić information content (AvgIpc) is 3.30. The molecule has 0 fully saturated rings. The monoisotopic (exact) mass is 506 g/mol. The second kappa shape index (κ2) is 9.13. The van der Waals surface area contributed by atoms with Crippen LogP contribution in [-0.4, -0.2) is 4.98 Å². The van der Waals surface area contributed by atoms with Gasteiger partial charge in [0, 0.05) is 36.9 Å². The zero-order valence-corrected chi connectivity index (χ0v) is 21.9. The van der Waals surface area contributed by atoms with Crippen molar-refractivity contribution >= 4 is 52.4 Å². The summed E-state index contributed by atoms with van der Waals surface area (Å²) in [5.41, 5.74) is 7.05. The second-order valence-electron chi connectivity index (χ2n) is 9.54. The van der Waals surface area contributed by atoms with Crippen LogP contribution in [0, 0.1) is 10.4 Å². The molecule has 1 aliphatic heterocycles. The molecule has 5 aromatic carbocycles. The van der Waals surface area contributed by atoms with Crippen molar-refractivity contribution in [3.05, 3.63) is 136 Å². The van der Waals surface area contributed by atoms with Gasteiger partial charge in [-0.05, 0) is 71.0 Å². The van der Waals surface area contributed by atoms with Crippen molar-refractivity contribution in [3.63, 3.8) is 0 Å². The molecule has 0 bridgehead atoms. The molecule has 0 spiro atoms. The number of H-pyrrole nitrogens is 1. The quantitative estimate of drug-likeness (QED) is 0.254. The molecule has 0 saturated carbocycles. The summed E-state index contributed by atoms with van der Waals surface area (Å²) < 4.78 is 0. The molecule has 2 heterocycles. The maximum absolute atomic E-state index is 4.36. The van der Waals surface area contributed by atoms with Crippen molar-refractivity contribution in [3.8, 4) is 11.1 Å². The molecule has 1 N–H and O–H groups in total. The van der Waals surface area contributed by atoms with Gasteiger partial charge in [-0.1, -0.05) is 97.2 Å². The third-order valence-electron chi connectivity index (χ3n) is 7.29. The van der Waals surface area contributed by atoms with Crippen LogP contribution in [0.2, 0.25) is 0 Å². The second-order valence-corrected chi connectivity index (χ2v) is 10.6. The van der Waals surface area contributed by atoms with E-state index in [0.717, 1.165) is 16.6 Å². The molecule has 7 rings (SSSR count). The lowest BCUT2D eigenvalue weighted by Gasteiger charge is -2.33. The smallest absolute Gasteiger partial charge is 0.0607 e. The van der Waals surface area contributed by atoms with Crippen LogP contribution in [0.15, 0.2) is 125 Å². The SMILES string of the molecule is C=c1[nH]c2cc(-c3ccc4c(c3)N(c3ccccc3)c3ccccc3S4)ccc2/c1=c1\cccc\c1=C\C. The highest BCUT2D eigenvalue weighted by Crippen LogP contribution is 2.52. The van der Waals surface area contributed by atoms with Gasteiger partial charge in [-0.3, -0.25) is 0 Å². The number of fused-ring (bicyclic) bond motifs is 3. The van der Waals surface area contributed by atoms with Crippen LogP contribution in [-0.2, 0) is 0 Å². The molecule has 1 aliphatic rings. The Morgan fingerprint density at radius 2 is 1.42 bits per heavy atom. The molecular formula is C35H26N2S. The number of aromatic nitrogens is 1. The average molecular weight is 507 g/mol. The van der Waals surface area contributed by atoms with E-state index in [1.165, 1.54) is 53.3 Å². The van der Waals surface area contributed by atoms with Crippen molar-refractivity contribution in [2.45, 2.75) is 16.7 Å². The van der Waals surface area contributed by atoms with Gasteiger partial charge >= 0.3 is 0 Å². The van der Waals surface area contributed by atoms with Gasteiger partial charge in [0.25, 0.3) is 0 Å². The van der Waals surface area contributed by atoms with Gasteiger partial charge in [0.2, 0.25) is 0 Å². The third kappa shape index (κ3) is 3.67. The Balaban J connectivity index is 1.41. The third-order valence-corrected chi connectivity index (χ3v) is 8.42. The standard InChI is InChI=1S/C35H26N2S/c1-3-24-11-7-8-14-28(24)35-23(2)36-30-21-25(17-19-29(30)35)26-18-20-34-32(22-26)37(27-12-5-4-6-13-27)31-15-9-10-16-33(31)38-34/h3-22,36H,2H2,1H3/b24-3-,35-28+. The van der Waals surface area contributed by atoms with Crippen LogP contribution in [0.1, 0.15) is 6.92 Å². The largest absolute Gasteiger partial charge is 0.355 e. The van der Waals surface area contributed by atoms with Gasteiger partial charge in [-0.25, -0.2) is 0 Å². The highest BCUT2D eigenvalue weighted by molar-refractivity contribution is 7.99. The summed E-state index contributed by atoms with van der Waals surface area (Å²) in [5.74, 6) is 0. The zero-order valence-electron chi connectivity index (χ0n) is 21.1. The van der Waals surface area contributed by atoms with E-state index < -0.39 is 0 Å². The van der Waals surface area contributed by atoms with Crippen molar-refractivity contribution in [1.82, 2.24) is 4.98 Å². The number of benzene rings is 5. The first-order valence-corrected chi connectivity index (χ1v) is 13.7. The molecule has 0 atom stereocenters. The van der Waals surface area contributed by atoms with Gasteiger partial charge in [0.15, 0.2) is 0 Å². The maximum atomic E-state index is 4.36. The van der Waals surface area contributed by atoms with Gasteiger partial charge in [0.1, 0.15) is 0 Å². The summed E-state index contributed by atoms with van der Waals surface area (Å²) in [7, 11) is 0. The molecule has 6 aromatic rings. The summed E-state index contributed by atoms with van der Waals surface area (Å²) in [6.07, 6.45) is 2.16. The lowest BCUT2D eigenvalue weighted by Crippen LogP contribution is -2.14. The highest BCUT2D eigenvalue weighted by atomic mass is 32.2. The van der Waals surface area contributed by atoms with Crippen LogP contribution in [0.5, 0.6) is 0 Å². The van der Waals surface area contributed by atoms with Crippen molar-refractivity contribution < 1.29 is 0 Å². The Morgan fingerprint density at radius 3 is 2.29 bits per heavy atom. The number of nitrogens with one attached hydrogen (secondary N) is 1. The normalized spacial score (nSPS) is 13.9. The first-order chi connectivity index (χ1) is 18.7. The molecule has 0 unspecified atom stereocenters.